The molecule has 0 atom stereocenters. The van der Waals surface area contributed by atoms with Gasteiger partial charge < -0.3 is 9.30 Å². The fourth-order valence-electron chi connectivity index (χ4n) is 2.19. The van der Waals surface area contributed by atoms with Crippen LogP contribution in [0.15, 0.2) is 18.3 Å². The average molecular weight is 203 g/mol. The second-order valence-electron chi connectivity index (χ2n) is 3.96. The van der Waals surface area contributed by atoms with Crippen molar-refractivity contribution in [3.8, 4) is 5.75 Å². The fourth-order valence-corrected chi connectivity index (χ4v) is 2.19. The largest absolute Gasteiger partial charge is 0.497 e. The molecule has 2 aromatic rings. The normalized spacial score (nSPS) is 10.9. The maximum absolute atomic E-state index is 5.32. The molecule has 0 N–H and O–H groups in total. The number of ether oxygens (including phenoxy) is 1. The van der Waals surface area contributed by atoms with Crippen molar-refractivity contribution in [2.45, 2.75) is 20.3 Å². The van der Waals surface area contributed by atoms with E-state index in [1.807, 2.05) is 0 Å². The quantitative estimate of drug-likeness (QED) is 0.731. The van der Waals surface area contributed by atoms with Gasteiger partial charge in [0.2, 0.25) is 0 Å². The van der Waals surface area contributed by atoms with Gasteiger partial charge in [0.1, 0.15) is 5.75 Å². The minimum Gasteiger partial charge on any atom is -0.497 e. The van der Waals surface area contributed by atoms with Gasteiger partial charge in [0.05, 0.1) is 12.6 Å². The number of hydrogen-bond acceptors (Lipinski definition) is 1. The molecule has 15 heavy (non-hydrogen) atoms. The first-order chi connectivity index (χ1) is 7.17. The predicted molar refractivity (Wildman–Crippen MR) is 63.6 cm³/mol. The van der Waals surface area contributed by atoms with Crippen LogP contribution in [0.4, 0.5) is 0 Å². The molecule has 0 aliphatic carbocycles. The Hall–Kier alpha value is -1.44. The van der Waals surface area contributed by atoms with Gasteiger partial charge in [-0.05, 0) is 36.6 Å². The van der Waals surface area contributed by atoms with Crippen molar-refractivity contribution in [1.29, 1.82) is 0 Å². The van der Waals surface area contributed by atoms with E-state index in [0.717, 1.165) is 12.2 Å². The summed E-state index contributed by atoms with van der Waals surface area (Å²) in [6.45, 7) is 4.32. The van der Waals surface area contributed by atoms with E-state index >= 15 is 0 Å². The number of methoxy groups -OCH3 is 1. The van der Waals surface area contributed by atoms with Crippen molar-refractivity contribution in [3.05, 3.63) is 29.5 Å². The summed E-state index contributed by atoms with van der Waals surface area (Å²) in [5.41, 5.74) is 3.98. The number of hydrogen-bond donors (Lipinski definition) is 0. The summed E-state index contributed by atoms with van der Waals surface area (Å²) in [4.78, 5) is 0. The van der Waals surface area contributed by atoms with Crippen LogP contribution in [0.25, 0.3) is 10.9 Å². The van der Waals surface area contributed by atoms with Gasteiger partial charge in [0.25, 0.3) is 0 Å². The summed E-state index contributed by atoms with van der Waals surface area (Å²) in [6.07, 6.45) is 3.20. The summed E-state index contributed by atoms with van der Waals surface area (Å²) >= 11 is 0. The second-order valence-corrected chi connectivity index (χ2v) is 3.96. The summed E-state index contributed by atoms with van der Waals surface area (Å²) in [5.74, 6) is 0.952. The summed E-state index contributed by atoms with van der Waals surface area (Å²) in [7, 11) is 3.82. The molecule has 1 aromatic carbocycles. The second kappa shape index (κ2) is 3.61. The summed E-state index contributed by atoms with van der Waals surface area (Å²) < 4.78 is 7.52. The Labute approximate surface area is 90.5 Å². The van der Waals surface area contributed by atoms with Crippen LogP contribution < -0.4 is 4.74 Å². The third-order valence-corrected chi connectivity index (χ3v) is 2.94. The zero-order valence-electron chi connectivity index (χ0n) is 9.79. The van der Waals surface area contributed by atoms with E-state index in [1.165, 1.54) is 22.0 Å². The van der Waals surface area contributed by atoms with E-state index in [0.29, 0.717) is 0 Å². The Morgan fingerprint density at radius 3 is 2.67 bits per heavy atom. The number of rotatable bonds is 2. The molecule has 0 fully saturated rings. The molecule has 0 saturated carbocycles. The standard InChI is InChI=1S/C13H17NO/c1-5-10-6-11(15-4)7-12-9(2)8-14(3)13(10)12/h6-8H,5H2,1-4H3. The molecule has 0 radical (unpaired) electrons. The van der Waals surface area contributed by atoms with Crippen molar-refractivity contribution in [2.75, 3.05) is 7.11 Å². The molecule has 1 heterocycles. The molecule has 80 valence electrons. The van der Waals surface area contributed by atoms with Crippen molar-refractivity contribution in [2.24, 2.45) is 7.05 Å². The smallest absolute Gasteiger partial charge is 0.119 e. The van der Waals surface area contributed by atoms with Crippen molar-refractivity contribution in [3.63, 3.8) is 0 Å². The van der Waals surface area contributed by atoms with Crippen LogP contribution in [0.2, 0.25) is 0 Å². The van der Waals surface area contributed by atoms with Crippen LogP contribution >= 0.6 is 0 Å². The third-order valence-electron chi connectivity index (χ3n) is 2.94. The molecule has 0 unspecified atom stereocenters. The lowest BCUT2D eigenvalue weighted by atomic mass is 10.1. The molecule has 0 amide bonds. The monoisotopic (exact) mass is 203 g/mol. The molecular weight excluding hydrogens is 186 g/mol. The maximum Gasteiger partial charge on any atom is 0.119 e. The fraction of sp³-hybridized carbons (Fsp3) is 0.385. The molecular formula is C13H17NO. The highest BCUT2D eigenvalue weighted by Gasteiger charge is 2.09. The van der Waals surface area contributed by atoms with Crippen LogP contribution in [0.5, 0.6) is 5.75 Å². The van der Waals surface area contributed by atoms with Gasteiger partial charge in [-0.15, -0.1) is 0 Å². The lowest BCUT2D eigenvalue weighted by Crippen LogP contribution is -1.92. The number of aromatic nitrogens is 1. The molecule has 2 rings (SSSR count). The topological polar surface area (TPSA) is 14.2 Å². The molecule has 0 aliphatic heterocycles. The maximum atomic E-state index is 5.32. The van der Waals surface area contributed by atoms with Gasteiger partial charge in [0.15, 0.2) is 0 Å². The van der Waals surface area contributed by atoms with E-state index in [-0.39, 0.29) is 0 Å². The first-order valence-electron chi connectivity index (χ1n) is 5.30. The molecule has 0 saturated heterocycles. The van der Waals surface area contributed by atoms with Crippen LogP contribution in [0.1, 0.15) is 18.1 Å². The molecule has 1 aromatic heterocycles. The van der Waals surface area contributed by atoms with E-state index in [9.17, 15) is 0 Å². The zero-order chi connectivity index (χ0) is 11.0. The van der Waals surface area contributed by atoms with Gasteiger partial charge >= 0.3 is 0 Å². The lowest BCUT2D eigenvalue weighted by Gasteiger charge is -2.07. The Morgan fingerprint density at radius 2 is 2.07 bits per heavy atom. The number of aryl methyl sites for hydroxylation is 3. The molecule has 0 aliphatic rings. The highest BCUT2D eigenvalue weighted by atomic mass is 16.5. The van der Waals surface area contributed by atoms with Crippen molar-refractivity contribution < 1.29 is 4.74 Å². The van der Waals surface area contributed by atoms with Crippen LogP contribution in [-0.2, 0) is 13.5 Å². The summed E-state index contributed by atoms with van der Waals surface area (Å²) in [6, 6.07) is 4.24. The molecule has 2 heteroatoms. The Balaban J connectivity index is 2.83. The number of nitrogens with zero attached hydrogens (tertiary/aromatic N) is 1. The first kappa shape index (κ1) is 10.1. The average Bonchev–Trinajstić information content (AvgIpc) is 2.53. The Bertz CT molecular complexity index is 497. The Morgan fingerprint density at radius 1 is 1.33 bits per heavy atom. The van der Waals surface area contributed by atoms with E-state index in [2.05, 4.69) is 43.8 Å². The van der Waals surface area contributed by atoms with Crippen molar-refractivity contribution >= 4 is 10.9 Å². The van der Waals surface area contributed by atoms with Crippen LogP contribution in [-0.4, -0.2) is 11.7 Å². The van der Waals surface area contributed by atoms with E-state index < -0.39 is 0 Å². The number of fused-ring (bicyclic) bond motifs is 1. The molecule has 0 bridgehead atoms. The molecule has 0 spiro atoms. The first-order valence-corrected chi connectivity index (χ1v) is 5.30. The highest BCUT2D eigenvalue weighted by Crippen LogP contribution is 2.29. The SMILES string of the molecule is CCc1cc(OC)cc2c(C)cn(C)c12. The van der Waals surface area contributed by atoms with Gasteiger partial charge in [-0.1, -0.05) is 6.92 Å². The Kier molecular flexibility index (Phi) is 2.43. The number of benzene rings is 1. The van der Waals surface area contributed by atoms with Gasteiger partial charge in [-0.2, -0.15) is 0 Å². The molecule has 2 nitrogen and oxygen atoms in total. The van der Waals surface area contributed by atoms with Gasteiger partial charge in [0, 0.05) is 18.6 Å². The van der Waals surface area contributed by atoms with E-state index in [1.54, 1.807) is 7.11 Å². The minimum atomic E-state index is 0.952. The van der Waals surface area contributed by atoms with E-state index in [4.69, 9.17) is 4.74 Å². The van der Waals surface area contributed by atoms with Crippen LogP contribution in [0.3, 0.4) is 0 Å². The van der Waals surface area contributed by atoms with Crippen LogP contribution in [0, 0.1) is 6.92 Å². The lowest BCUT2D eigenvalue weighted by molar-refractivity contribution is 0.415. The predicted octanol–water partition coefficient (Wildman–Crippen LogP) is 3.06. The highest BCUT2D eigenvalue weighted by molar-refractivity contribution is 5.88. The van der Waals surface area contributed by atoms with Crippen molar-refractivity contribution in [1.82, 2.24) is 4.57 Å². The zero-order valence-corrected chi connectivity index (χ0v) is 9.79. The van der Waals surface area contributed by atoms with Gasteiger partial charge in [-0.25, -0.2) is 0 Å². The van der Waals surface area contributed by atoms with Gasteiger partial charge in [-0.3, -0.25) is 0 Å². The summed E-state index contributed by atoms with van der Waals surface area (Å²) in [5, 5.41) is 1.30. The third kappa shape index (κ3) is 1.50. The minimum absolute atomic E-state index is 0.952.